The molecule has 1 aliphatic heterocycles. The fourth-order valence-corrected chi connectivity index (χ4v) is 4.00. The van der Waals surface area contributed by atoms with E-state index in [9.17, 15) is 0 Å². The van der Waals surface area contributed by atoms with Crippen molar-refractivity contribution in [3.8, 4) is 10.8 Å². The Labute approximate surface area is 136 Å². The number of thiophene rings is 1. The van der Waals surface area contributed by atoms with Crippen molar-refractivity contribution in [3.05, 3.63) is 21.8 Å². The summed E-state index contributed by atoms with van der Waals surface area (Å²) in [4.78, 5) is 3.44. The quantitative estimate of drug-likeness (QED) is 0.875. The number of nitrogens with one attached hydrogen (secondary N) is 1. The molecule has 1 fully saturated rings. The van der Waals surface area contributed by atoms with Gasteiger partial charge in [-0.15, -0.1) is 21.5 Å². The summed E-state index contributed by atoms with van der Waals surface area (Å²) in [6, 6.07) is 4.61. The molecule has 3 rings (SSSR count). The minimum Gasteiger partial charge on any atom is -0.419 e. The third-order valence-corrected chi connectivity index (χ3v) is 5.43. The molecular formula is C14H19BrN4OS. The van der Waals surface area contributed by atoms with Crippen LogP contribution in [0.2, 0.25) is 0 Å². The zero-order valence-corrected chi connectivity index (χ0v) is 14.4. The van der Waals surface area contributed by atoms with Crippen LogP contribution in [0.3, 0.4) is 0 Å². The van der Waals surface area contributed by atoms with Gasteiger partial charge in [0.15, 0.2) is 0 Å². The smallest absolute Gasteiger partial charge is 0.257 e. The molecule has 1 aliphatic rings. The van der Waals surface area contributed by atoms with Crippen molar-refractivity contribution in [2.24, 2.45) is 0 Å². The molecule has 1 N–H and O–H groups in total. The van der Waals surface area contributed by atoms with Crippen molar-refractivity contribution in [2.75, 3.05) is 19.6 Å². The van der Waals surface area contributed by atoms with Crippen LogP contribution in [0.5, 0.6) is 0 Å². The van der Waals surface area contributed by atoms with E-state index < -0.39 is 0 Å². The van der Waals surface area contributed by atoms with E-state index in [4.69, 9.17) is 4.42 Å². The molecular weight excluding hydrogens is 352 g/mol. The maximum atomic E-state index is 5.82. The molecule has 21 heavy (non-hydrogen) atoms. The molecule has 0 radical (unpaired) electrons. The Morgan fingerprint density at radius 3 is 2.86 bits per heavy atom. The number of piperidine rings is 1. The molecule has 5 nitrogen and oxygen atoms in total. The second-order valence-electron chi connectivity index (χ2n) is 5.15. The Morgan fingerprint density at radius 2 is 2.19 bits per heavy atom. The first-order valence-electron chi connectivity index (χ1n) is 7.29. The molecule has 2 aromatic rings. The standard InChI is InChI=1S/C14H19BrN4OS/c1-2-19(10-5-7-16-8-6-10)9-13-17-18-14(20-13)11-3-4-12(15)21-11/h3-4,10,16H,2,5-9H2,1H3. The molecule has 0 aromatic carbocycles. The van der Waals surface area contributed by atoms with Crippen LogP contribution in [0.25, 0.3) is 10.8 Å². The number of aromatic nitrogens is 2. The molecule has 7 heteroatoms. The second kappa shape index (κ2) is 7.00. The zero-order valence-electron chi connectivity index (χ0n) is 12.0. The molecule has 0 unspecified atom stereocenters. The summed E-state index contributed by atoms with van der Waals surface area (Å²) in [6.07, 6.45) is 2.37. The van der Waals surface area contributed by atoms with Gasteiger partial charge in [0.2, 0.25) is 5.89 Å². The van der Waals surface area contributed by atoms with Gasteiger partial charge in [-0.2, -0.15) is 0 Å². The lowest BCUT2D eigenvalue weighted by Gasteiger charge is -2.32. The number of halogens is 1. The Balaban J connectivity index is 1.67. The van der Waals surface area contributed by atoms with Crippen LogP contribution < -0.4 is 5.32 Å². The van der Waals surface area contributed by atoms with Crippen LogP contribution in [0.1, 0.15) is 25.7 Å². The van der Waals surface area contributed by atoms with Crippen molar-refractivity contribution in [3.63, 3.8) is 0 Å². The van der Waals surface area contributed by atoms with Gasteiger partial charge in [0, 0.05) is 6.04 Å². The molecule has 0 spiro atoms. The Hall–Kier alpha value is -0.760. The van der Waals surface area contributed by atoms with Crippen LogP contribution >= 0.6 is 27.3 Å². The Morgan fingerprint density at radius 1 is 1.38 bits per heavy atom. The molecule has 0 aliphatic carbocycles. The minimum absolute atomic E-state index is 0.613. The maximum Gasteiger partial charge on any atom is 0.257 e. The van der Waals surface area contributed by atoms with E-state index in [1.807, 2.05) is 12.1 Å². The third-order valence-electron chi connectivity index (χ3n) is 3.82. The molecule has 2 aromatic heterocycles. The average molecular weight is 371 g/mol. The average Bonchev–Trinajstić information content (AvgIpc) is 3.14. The van der Waals surface area contributed by atoms with Crippen molar-refractivity contribution >= 4 is 27.3 Å². The summed E-state index contributed by atoms with van der Waals surface area (Å²) in [5.41, 5.74) is 0. The summed E-state index contributed by atoms with van der Waals surface area (Å²) < 4.78 is 6.89. The highest BCUT2D eigenvalue weighted by Gasteiger charge is 2.22. The van der Waals surface area contributed by atoms with Gasteiger partial charge >= 0.3 is 0 Å². The molecule has 0 atom stereocenters. The van der Waals surface area contributed by atoms with Crippen LogP contribution in [-0.2, 0) is 6.54 Å². The van der Waals surface area contributed by atoms with Gasteiger partial charge in [0.1, 0.15) is 0 Å². The van der Waals surface area contributed by atoms with Gasteiger partial charge in [0.05, 0.1) is 15.2 Å². The normalized spacial score (nSPS) is 16.7. The monoisotopic (exact) mass is 370 g/mol. The molecule has 0 saturated carbocycles. The van der Waals surface area contributed by atoms with E-state index in [-0.39, 0.29) is 0 Å². The van der Waals surface area contributed by atoms with Gasteiger partial charge < -0.3 is 9.73 Å². The number of rotatable bonds is 5. The highest BCUT2D eigenvalue weighted by atomic mass is 79.9. The minimum atomic E-state index is 0.613. The summed E-state index contributed by atoms with van der Waals surface area (Å²) in [5, 5.41) is 11.8. The van der Waals surface area contributed by atoms with Crippen molar-refractivity contribution in [1.82, 2.24) is 20.4 Å². The van der Waals surface area contributed by atoms with Crippen LogP contribution in [0.4, 0.5) is 0 Å². The van der Waals surface area contributed by atoms with Crippen LogP contribution in [0.15, 0.2) is 20.3 Å². The van der Waals surface area contributed by atoms with E-state index in [0.29, 0.717) is 17.8 Å². The highest BCUT2D eigenvalue weighted by Crippen LogP contribution is 2.30. The van der Waals surface area contributed by atoms with E-state index in [1.54, 1.807) is 11.3 Å². The first-order valence-corrected chi connectivity index (χ1v) is 8.90. The maximum absolute atomic E-state index is 5.82. The number of hydrogen-bond acceptors (Lipinski definition) is 6. The predicted octanol–water partition coefficient (Wildman–Crippen LogP) is 3.13. The van der Waals surface area contributed by atoms with E-state index >= 15 is 0 Å². The number of hydrogen-bond donors (Lipinski definition) is 1. The molecule has 1 saturated heterocycles. The highest BCUT2D eigenvalue weighted by molar-refractivity contribution is 9.11. The second-order valence-corrected chi connectivity index (χ2v) is 7.61. The van der Waals surface area contributed by atoms with Crippen molar-refractivity contribution in [2.45, 2.75) is 32.4 Å². The van der Waals surface area contributed by atoms with E-state index in [1.165, 1.54) is 12.8 Å². The Bertz CT molecular complexity index is 579. The predicted molar refractivity (Wildman–Crippen MR) is 87.3 cm³/mol. The lowest BCUT2D eigenvalue weighted by Crippen LogP contribution is -2.42. The van der Waals surface area contributed by atoms with Crippen molar-refractivity contribution < 1.29 is 4.42 Å². The molecule has 114 valence electrons. The lowest BCUT2D eigenvalue weighted by molar-refractivity contribution is 0.149. The van der Waals surface area contributed by atoms with Gasteiger partial charge in [-0.1, -0.05) is 6.92 Å². The van der Waals surface area contributed by atoms with Crippen LogP contribution in [0, 0.1) is 0 Å². The SMILES string of the molecule is CCN(Cc1nnc(-c2ccc(Br)s2)o1)C1CCNCC1. The molecule has 3 heterocycles. The summed E-state index contributed by atoms with van der Waals surface area (Å²) in [5.74, 6) is 1.32. The Kier molecular flexibility index (Phi) is 5.05. The molecule has 0 amide bonds. The molecule has 0 bridgehead atoms. The van der Waals surface area contributed by atoms with Gasteiger partial charge in [-0.25, -0.2) is 0 Å². The van der Waals surface area contributed by atoms with Gasteiger partial charge in [0.25, 0.3) is 5.89 Å². The van der Waals surface area contributed by atoms with E-state index in [2.05, 4.69) is 43.3 Å². The topological polar surface area (TPSA) is 54.2 Å². The fourth-order valence-electron chi connectivity index (χ4n) is 2.69. The first-order chi connectivity index (χ1) is 10.3. The van der Waals surface area contributed by atoms with Crippen LogP contribution in [-0.4, -0.2) is 40.8 Å². The fraction of sp³-hybridized carbons (Fsp3) is 0.571. The third kappa shape index (κ3) is 3.71. The first kappa shape index (κ1) is 15.1. The van der Waals surface area contributed by atoms with Gasteiger partial charge in [-0.3, -0.25) is 4.90 Å². The lowest BCUT2D eigenvalue weighted by atomic mass is 10.0. The summed E-state index contributed by atoms with van der Waals surface area (Å²) in [7, 11) is 0. The zero-order chi connectivity index (χ0) is 14.7. The summed E-state index contributed by atoms with van der Waals surface area (Å²) >= 11 is 5.06. The largest absolute Gasteiger partial charge is 0.419 e. The van der Waals surface area contributed by atoms with E-state index in [0.717, 1.165) is 34.8 Å². The number of nitrogens with zero attached hydrogens (tertiary/aromatic N) is 3. The summed E-state index contributed by atoms with van der Waals surface area (Å²) in [6.45, 7) is 6.13. The van der Waals surface area contributed by atoms with Gasteiger partial charge in [-0.05, 0) is 60.5 Å². The van der Waals surface area contributed by atoms with Crippen molar-refractivity contribution in [1.29, 1.82) is 0 Å².